The summed E-state index contributed by atoms with van der Waals surface area (Å²) in [6.45, 7) is 1.89. The van der Waals surface area contributed by atoms with E-state index in [4.69, 9.17) is 21.1 Å². The molecule has 0 aromatic heterocycles. The fraction of sp³-hybridized carbons (Fsp3) is 0.240. The van der Waals surface area contributed by atoms with Gasteiger partial charge in [-0.15, -0.1) is 0 Å². The molecule has 7 nitrogen and oxygen atoms in total. The molecule has 0 heterocycles. The first-order valence-electron chi connectivity index (χ1n) is 10.5. The minimum absolute atomic E-state index is 0.166. The average molecular weight is 503 g/mol. The van der Waals surface area contributed by atoms with E-state index in [-0.39, 0.29) is 25.1 Å². The van der Waals surface area contributed by atoms with Crippen LogP contribution in [0.15, 0.2) is 72.8 Å². The minimum atomic E-state index is -3.52. The van der Waals surface area contributed by atoms with Crippen LogP contribution in [0.25, 0.3) is 0 Å². The number of sulfonamides is 1. The molecule has 0 radical (unpaired) electrons. The molecular formula is C25H27ClN2O5S. The number of nitrogens with zero attached hydrogens (tertiary/aromatic N) is 1. The van der Waals surface area contributed by atoms with E-state index in [0.29, 0.717) is 16.5 Å². The Morgan fingerprint density at radius 1 is 0.971 bits per heavy atom. The second kappa shape index (κ2) is 11.3. The van der Waals surface area contributed by atoms with Crippen molar-refractivity contribution in [3.63, 3.8) is 0 Å². The van der Waals surface area contributed by atoms with Crippen LogP contribution in [0.2, 0.25) is 5.02 Å². The fourth-order valence-corrected chi connectivity index (χ4v) is 4.29. The number of carbonyl (C=O) groups is 1. The predicted molar refractivity (Wildman–Crippen MR) is 134 cm³/mol. The van der Waals surface area contributed by atoms with Gasteiger partial charge in [-0.05, 0) is 66.6 Å². The number of nitrogens with one attached hydrogen (secondary N) is 1. The molecule has 0 aliphatic carbocycles. The van der Waals surface area contributed by atoms with Crippen LogP contribution >= 0.6 is 11.6 Å². The first-order chi connectivity index (χ1) is 16.2. The van der Waals surface area contributed by atoms with Crippen LogP contribution in [0, 0.1) is 0 Å². The van der Waals surface area contributed by atoms with Gasteiger partial charge in [0.05, 0.1) is 31.6 Å². The number of halogens is 1. The van der Waals surface area contributed by atoms with Gasteiger partial charge in [0, 0.05) is 5.02 Å². The van der Waals surface area contributed by atoms with Crippen molar-refractivity contribution in [2.24, 2.45) is 0 Å². The number of anilines is 1. The SMILES string of the molecule is COc1ccc([C@H](C)NC(=O)COc2ccc(N(Cc3ccc(Cl)cc3)S(C)(=O)=O)cc2)cc1. The normalized spacial score (nSPS) is 12.0. The molecule has 0 unspecified atom stereocenters. The van der Waals surface area contributed by atoms with Gasteiger partial charge >= 0.3 is 0 Å². The molecule has 34 heavy (non-hydrogen) atoms. The lowest BCUT2D eigenvalue weighted by molar-refractivity contribution is -0.123. The Morgan fingerprint density at radius 2 is 1.56 bits per heavy atom. The summed E-state index contributed by atoms with van der Waals surface area (Å²) in [6.07, 6.45) is 1.15. The molecule has 1 atom stereocenters. The molecular weight excluding hydrogens is 476 g/mol. The second-order valence-corrected chi connectivity index (χ2v) is 10.1. The Bertz CT molecular complexity index is 1200. The summed E-state index contributed by atoms with van der Waals surface area (Å²) in [4.78, 5) is 12.3. The van der Waals surface area contributed by atoms with Crippen molar-refractivity contribution >= 4 is 33.2 Å². The summed E-state index contributed by atoms with van der Waals surface area (Å²) in [5, 5.41) is 3.46. The number of hydrogen-bond donors (Lipinski definition) is 1. The van der Waals surface area contributed by atoms with Gasteiger partial charge in [0.15, 0.2) is 6.61 Å². The minimum Gasteiger partial charge on any atom is -0.497 e. The highest BCUT2D eigenvalue weighted by molar-refractivity contribution is 7.92. The number of methoxy groups -OCH3 is 1. The molecule has 0 fully saturated rings. The Hall–Kier alpha value is -3.23. The van der Waals surface area contributed by atoms with Gasteiger partial charge in [-0.1, -0.05) is 35.9 Å². The van der Waals surface area contributed by atoms with Gasteiger partial charge in [0.25, 0.3) is 5.91 Å². The van der Waals surface area contributed by atoms with Crippen LogP contribution in [0.4, 0.5) is 5.69 Å². The number of rotatable bonds is 10. The summed E-state index contributed by atoms with van der Waals surface area (Å²) in [7, 11) is -1.92. The van der Waals surface area contributed by atoms with Gasteiger partial charge in [-0.3, -0.25) is 9.10 Å². The lowest BCUT2D eigenvalue weighted by Gasteiger charge is -2.23. The lowest BCUT2D eigenvalue weighted by atomic mass is 10.1. The third kappa shape index (κ3) is 7.13. The number of benzene rings is 3. The van der Waals surface area contributed by atoms with Crippen LogP contribution in [-0.2, 0) is 21.4 Å². The van der Waals surface area contributed by atoms with Gasteiger partial charge in [-0.2, -0.15) is 0 Å². The zero-order chi connectivity index (χ0) is 24.7. The molecule has 1 N–H and O–H groups in total. The topological polar surface area (TPSA) is 84.9 Å². The summed E-state index contributed by atoms with van der Waals surface area (Å²) in [5.41, 5.74) is 2.24. The monoisotopic (exact) mass is 502 g/mol. The van der Waals surface area contributed by atoms with Gasteiger partial charge in [-0.25, -0.2) is 8.42 Å². The Balaban J connectivity index is 1.59. The summed E-state index contributed by atoms with van der Waals surface area (Å²) in [5.74, 6) is 0.931. The smallest absolute Gasteiger partial charge is 0.258 e. The van der Waals surface area contributed by atoms with Crippen LogP contribution in [0.5, 0.6) is 11.5 Å². The van der Waals surface area contributed by atoms with E-state index in [1.807, 2.05) is 31.2 Å². The molecule has 0 saturated heterocycles. The number of amides is 1. The van der Waals surface area contributed by atoms with Crippen molar-refractivity contribution in [1.82, 2.24) is 5.32 Å². The largest absolute Gasteiger partial charge is 0.497 e. The van der Waals surface area contributed by atoms with Crippen LogP contribution < -0.4 is 19.1 Å². The highest BCUT2D eigenvalue weighted by Gasteiger charge is 2.18. The van der Waals surface area contributed by atoms with Crippen LogP contribution in [0.1, 0.15) is 24.1 Å². The molecule has 3 rings (SSSR count). The Kier molecular flexibility index (Phi) is 8.41. The Morgan fingerprint density at radius 3 is 2.12 bits per heavy atom. The number of hydrogen-bond acceptors (Lipinski definition) is 5. The maximum Gasteiger partial charge on any atom is 0.258 e. The number of carbonyl (C=O) groups excluding carboxylic acids is 1. The molecule has 0 bridgehead atoms. The standard InChI is InChI=1S/C25H27ClN2O5S/c1-18(20-6-12-23(32-2)13-7-20)27-25(29)17-33-24-14-10-22(11-15-24)28(34(3,30)31)16-19-4-8-21(26)9-5-19/h4-15,18H,16-17H2,1-3H3,(H,27,29)/t18-/m0/s1. The van der Waals surface area contributed by atoms with E-state index in [2.05, 4.69) is 5.32 Å². The maximum absolute atomic E-state index is 12.4. The molecule has 0 spiro atoms. The fourth-order valence-electron chi connectivity index (χ4n) is 3.27. The second-order valence-electron chi connectivity index (χ2n) is 7.74. The molecule has 0 aliphatic rings. The lowest BCUT2D eigenvalue weighted by Crippen LogP contribution is -2.31. The predicted octanol–water partition coefficient (Wildman–Crippen LogP) is 4.57. The van der Waals surface area contributed by atoms with E-state index in [1.165, 1.54) is 4.31 Å². The van der Waals surface area contributed by atoms with Gasteiger partial charge in [0.2, 0.25) is 10.0 Å². The Labute approximate surface area is 205 Å². The van der Waals surface area contributed by atoms with Crippen LogP contribution in [0.3, 0.4) is 0 Å². The van der Waals surface area contributed by atoms with E-state index in [1.54, 1.807) is 55.6 Å². The van der Waals surface area contributed by atoms with Crippen molar-refractivity contribution in [3.8, 4) is 11.5 Å². The van der Waals surface area contributed by atoms with Crippen molar-refractivity contribution < 1.29 is 22.7 Å². The molecule has 0 aliphatic heterocycles. The van der Waals surface area contributed by atoms with Crippen molar-refractivity contribution in [3.05, 3.63) is 88.9 Å². The van der Waals surface area contributed by atoms with Gasteiger partial charge in [0.1, 0.15) is 11.5 Å². The van der Waals surface area contributed by atoms with E-state index in [0.717, 1.165) is 23.1 Å². The van der Waals surface area contributed by atoms with E-state index < -0.39 is 10.0 Å². The van der Waals surface area contributed by atoms with Gasteiger partial charge < -0.3 is 14.8 Å². The third-order valence-corrected chi connectivity index (χ3v) is 6.52. The van der Waals surface area contributed by atoms with E-state index in [9.17, 15) is 13.2 Å². The number of ether oxygens (including phenoxy) is 2. The van der Waals surface area contributed by atoms with Crippen LogP contribution in [-0.4, -0.2) is 34.3 Å². The average Bonchev–Trinajstić information content (AvgIpc) is 2.82. The molecule has 180 valence electrons. The van der Waals surface area contributed by atoms with Crippen molar-refractivity contribution in [2.45, 2.75) is 19.5 Å². The quantitative estimate of drug-likeness (QED) is 0.439. The first-order valence-corrected chi connectivity index (χ1v) is 12.8. The van der Waals surface area contributed by atoms with E-state index >= 15 is 0 Å². The molecule has 1 amide bonds. The molecule has 3 aromatic carbocycles. The van der Waals surface area contributed by atoms with Crippen molar-refractivity contribution in [2.75, 3.05) is 24.3 Å². The highest BCUT2D eigenvalue weighted by Crippen LogP contribution is 2.24. The van der Waals surface area contributed by atoms with Crippen molar-refractivity contribution in [1.29, 1.82) is 0 Å². The third-order valence-electron chi connectivity index (χ3n) is 5.13. The molecule has 0 saturated carbocycles. The summed E-state index contributed by atoms with van der Waals surface area (Å²) >= 11 is 5.92. The summed E-state index contributed by atoms with van der Waals surface area (Å²) in [6, 6.07) is 20.8. The zero-order valence-electron chi connectivity index (χ0n) is 19.2. The maximum atomic E-state index is 12.4. The first kappa shape index (κ1) is 25.4. The zero-order valence-corrected chi connectivity index (χ0v) is 20.8. The molecule has 3 aromatic rings. The highest BCUT2D eigenvalue weighted by atomic mass is 35.5. The summed E-state index contributed by atoms with van der Waals surface area (Å²) < 4.78 is 36.8. The molecule has 9 heteroatoms.